The molecule has 8 aliphatic heterocycles. The maximum atomic E-state index is 10.7. The van der Waals surface area contributed by atoms with Crippen LogP contribution in [0.2, 0.25) is 0 Å². The molecular weight excluding hydrogens is 1250 g/mol. The highest BCUT2D eigenvalue weighted by Crippen LogP contribution is 2.48. The van der Waals surface area contributed by atoms with Gasteiger partial charge in [-0.05, 0) is 176 Å². The summed E-state index contributed by atoms with van der Waals surface area (Å²) < 4.78 is 9.29. The molecule has 16 heterocycles. The summed E-state index contributed by atoms with van der Waals surface area (Å²) in [6, 6.07) is 28.9. The van der Waals surface area contributed by atoms with E-state index in [-0.39, 0.29) is 0 Å². The number of aromatic nitrogens is 15. The van der Waals surface area contributed by atoms with Crippen LogP contribution in [0.3, 0.4) is 0 Å². The fourth-order valence-corrected chi connectivity index (χ4v) is 18.9. The highest BCUT2D eigenvalue weighted by molar-refractivity contribution is 5.90. The quantitative estimate of drug-likeness (QED) is 0.0565. The Kier molecular flexibility index (Phi) is 17.5. The van der Waals surface area contributed by atoms with Crippen molar-refractivity contribution in [2.24, 2.45) is 0 Å². The molecule has 100 heavy (non-hydrogen) atoms. The number of aliphatic hydroxyl groups is 4. The molecular formula is C77H93N19O4. The zero-order valence-electron chi connectivity index (χ0n) is 57.9. The van der Waals surface area contributed by atoms with Crippen LogP contribution >= 0.6 is 0 Å². The number of aromatic amines is 4. The van der Waals surface area contributed by atoms with Gasteiger partial charge in [-0.3, -0.25) is 19.6 Å². The average molecular weight is 1350 g/mol. The predicted molar refractivity (Wildman–Crippen MR) is 383 cm³/mol. The van der Waals surface area contributed by atoms with E-state index in [1.807, 2.05) is 0 Å². The molecule has 8 unspecified atom stereocenters. The first-order valence-electron chi connectivity index (χ1n) is 36.6. The van der Waals surface area contributed by atoms with E-state index in [9.17, 15) is 20.4 Å². The van der Waals surface area contributed by atoms with Crippen LogP contribution in [0.25, 0.3) is 43.6 Å². The van der Waals surface area contributed by atoms with Crippen LogP contribution in [-0.2, 0) is 51.9 Å². The van der Waals surface area contributed by atoms with Crippen molar-refractivity contribution in [1.82, 2.24) is 93.8 Å². The van der Waals surface area contributed by atoms with Gasteiger partial charge in [0.25, 0.3) is 0 Å². The lowest BCUT2D eigenvalue weighted by atomic mass is 9.95. The van der Waals surface area contributed by atoms with Gasteiger partial charge in [0.2, 0.25) is 5.82 Å². The first-order chi connectivity index (χ1) is 48.9. The van der Waals surface area contributed by atoms with Crippen LogP contribution < -0.4 is 0 Å². The molecule has 0 aliphatic carbocycles. The van der Waals surface area contributed by atoms with Gasteiger partial charge in [0.1, 0.15) is 35.9 Å². The molecule has 520 valence electrons. The minimum absolute atomic E-state index is 0.348. The van der Waals surface area contributed by atoms with Crippen molar-refractivity contribution in [2.75, 3.05) is 52.4 Å². The number of hydrogen-bond acceptors (Lipinski definition) is 15. The number of nitrogens with one attached hydrogen (secondary N) is 4. The molecule has 8 aliphatic rings. The zero-order valence-corrected chi connectivity index (χ0v) is 57.9. The summed E-state index contributed by atoms with van der Waals surface area (Å²) in [6.45, 7) is 20.1. The van der Waals surface area contributed by atoms with Crippen LogP contribution in [0.1, 0.15) is 190 Å². The molecule has 4 aromatic carbocycles. The Hall–Kier alpha value is -8.65. The Bertz CT molecular complexity index is 4260. The smallest absolute Gasteiger partial charge is 0.204 e. The summed E-state index contributed by atoms with van der Waals surface area (Å²) in [5, 5.41) is 72.3. The summed E-state index contributed by atoms with van der Waals surface area (Å²) in [5.74, 6) is 0.988. The number of tetrazole rings is 1. The van der Waals surface area contributed by atoms with Crippen molar-refractivity contribution in [3.63, 3.8) is 0 Å². The first-order valence-corrected chi connectivity index (χ1v) is 36.6. The molecule has 23 heteroatoms. The molecule has 0 bridgehead atoms. The van der Waals surface area contributed by atoms with Crippen molar-refractivity contribution in [1.29, 1.82) is 0 Å². The summed E-state index contributed by atoms with van der Waals surface area (Å²) >= 11 is 0. The third kappa shape index (κ3) is 11.8. The maximum Gasteiger partial charge on any atom is 0.204 e. The van der Waals surface area contributed by atoms with E-state index in [0.717, 1.165) is 57.6 Å². The third-order valence-electron chi connectivity index (χ3n) is 23.4. The Balaban J connectivity index is 0.0000000997. The molecule has 12 aromatic rings. The van der Waals surface area contributed by atoms with Gasteiger partial charge in [0.15, 0.2) is 0 Å². The number of fused-ring (bicyclic) bond motifs is 20. The predicted octanol–water partition coefficient (Wildman–Crippen LogP) is 10.6. The largest absolute Gasteiger partial charge is 0.385 e. The van der Waals surface area contributed by atoms with Crippen molar-refractivity contribution < 1.29 is 20.4 Å². The lowest BCUT2D eigenvalue weighted by Gasteiger charge is -2.31. The summed E-state index contributed by atoms with van der Waals surface area (Å²) in [6.07, 6.45) is 20.1. The number of rotatable bonds is 12. The molecule has 4 saturated heterocycles. The Morgan fingerprint density at radius 3 is 1.22 bits per heavy atom. The normalized spacial score (nSPS) is 21.4. The van der Waals surface area contributed by atoms with Gasteiger partial charge in [-0.15, -0.1) is 10.2 Å². The lowest BCUT2D eigenvalue weighted by Crippen LogP contribution is -2.31. The molecule has 0 spiro atoms. The van der Waals surface area contributed by atoms with Crippen molar-refractivity contribution in [2.45, 2.75) is 180 Å². The number of imidazole rings is 2. The minimum atomic E-state index is -0.763. The average Bonchev–Trinajstić information content (AvgIpc) is 1.61. The van der Waals surface area contributed by atoms with Crippen LogP contribution in [-0.4, -0.2) is 167 Å². The minimum Gasteiger partial charge on any atom is -0.385 e. The molecule has 20 rings (SSSR count). The number of H-pyrrole nitrogens is 4. The fourth-order valence-electron chi connectivity index (χ4n) is 18.9. The number of nitrogens with zero attached hydrogens (tertiary/aromatic N) is 15. The van der Waals surface area contributed by atoms with Crippen LogP contribution in [0, 0.1) is 27.7 Å². The highest BCUT2D eigenvalue weighted by atomic mass is 16.3. The van der Waals surface area contributed by atoms with Crippen LogP contribution in [0.5, 0.6) is 0 Å². The zero-order chi connectivity index (χ0) is 67.9. The van der Waals surface area contributed by atoms with Gasteiger partial charge < -0.3 is 48.7 Å². The summed E-state index contributed by atoms with van der Waals surface area (Å²) in [4.78, 5) is 24.9. The lowest BCUT2D eigenvalue weighted by molar-refractivity contribution is 0.146. The van der Waals surface area contributed by atoms with E-state index < -0.39 is 24.4 Å². The standard InChI is InChI=1S/2C20H24N4O.C19H23N5O.C18H22N6O/c1-13-4-5-15-14(11-13)19-16-3-2-9-23(16)10-6-17(19)24(15)12-18(25)20-21-7-8-22-20;1-13-4-5-16-14(9-13)20-17-3-2-7-23(17)8-6-18(20)24(16)11-19(25)15-10-21-12-22-15;1-12-4-5-15-13(9-12)19-16-3-2-7-23(16)8-6-17(19)24(15)11-18(25)14-10-20-22-21-14;1-11-4-5-13-12(9-11)17-14-3-2-7-23(14)8-6-15(17)24(13)10-16(25)18-19-21-22-20-18/h4-5,7-8,11,16,18,25H,2-3,6,9-10,12H2,1H3,(H,21,22);4-5,9-10,12,17,19,25H,2-3,6-8,11H2,1H3,(H,21,22);4-5,9-10,16,18,25H,2-3,6-8,11H2,1H3,(H,20,21,22);4-5,9,14,16,25H,2-3,6-8,10H2,1H3,(H,19,20,21,22). The molecule has 4 fully saturated rings. The van der Waals surface area contributed by atoms with E-state index in [1.165, 1.54) is 188 Å². The maximum absolute atomic E-state index is 10.7. The van der Waals surface area contributed by atoms with Gasteiger partial charge in [-0.2, -0.15) is 20.6 Å². The third-order valence-corrected chi connectivity index (χ3v) is 23.4. The van der Waals surface area contributed by atoms with Gasteiger partial charge in [0.05, 0.1) is 50.6 Å². The van der Waals surface area contributed by atoms with E-state index in [1.54, 1.807) is 31.1 Å². The van der Waals surface area contributed by atoms with E-state index in [2.05, 4.69) is 194 Å². The molecule has 0 amide bonds. The van der Waals surface area contributed by atoms with Crippen LogP contribution in [0.15, 0.2) is 104 Å². The van der Waals surface area contributed by atoms with Crippen molar-refractivity contribution in [3.8, 4) is 0 Å². The van der Waals surface area contributed by atoms with Gasteiger partial charge in [-0.1, -0.05) is 51.7 Å². The molecule has 0 radical (unpaired) electrons. The topological polar surface area (TPSA) is 267 Å². The van der Waals surface area contributed by atoms with Gasteiger partial charge in [0, 0.05) is 155 Å². The number of aliphatic hydroxyl groups excluding tert-OH is 4. The van der Waals surface area contributed by atoms with Crippen LogP contribution in [0.4, 0.5) is 0 Å². The second kappa shape index (κ2) is 27.0. The van der Waals surface area contributed by atoms with Gasteiger partial charge >= 0.3 is 0 Å². The summed E-state index contributed by atoms with van der Waals surface area (Å²) in [5.41, 5.74) is 23.1. The molecule has 8 aromatic heterocycles. The summed E-state index contributed by atoms with van der Waals surface area (Å²) in [7, 11) is 0. The van der Waals surface area contributed by atoms with E-state index in [4.69, 9.17) is 0 Å². The Labute approximate surface area is 581 Å². The Morgan fingerprint density at radius 2 is 0.860 bits per heavy atom. The molecule has 8 atom stereocenters. The number of hydrogen-bond donors (Lipinski definition) is 8. The van der Waals surface area contributed by atoms with Crippen molar-refractivity contribution >= 4 is 43.6 Å². The van der Waals surface area contributed by atoms with Crippen molar-refractivity contribution in [3.05, 3.63) is 194 Å². The van der Waals surface area contributed by atoms with Gasteiger partial charge in [-0.25, -0.2) is 9.97 Å². The Morgan fingerprint density at radius 1 is 0.450 bits per heavy atom. The van der Waals surface area contributed by atoms with E-state index >= 15 is 0 Å². The number of aryl methyl sites for hydroxylation is 4. The molecule has 23 nitrogen and oxygen atoms in total. The SMILES string of the molecule is Cc1ccc2c(c1)c1c(n2CC(O)c2cn[nH]n2)CCN2CCCC12.Cc1ccc2c(c1)c1c(n2CC(O)c2cnc[nH]2)CCN2CCCC12.Cc1ccc2c(c1)c1c(n2CC(O)c2ncc[nH]2)CCN2CCCC12.Cc1ccc2c(c1)c1c(n2CC(O)c2nn[nH]n2)CCN2CCCC12. The molecule has 0 saturated carbocycles. The number of benzene rings is 4. The molecule has 8 N–H and O–H groups in total. The second-order valence-corrected chi connectivity index (χ2v) is 29.5. The second-order valence-electron chi connectivity index (χ2n) is 29.5. The fraction of sp³-hybridized carbons (Fsp3) is 0.468. The highest BCUT2D eigenvalue weighted by Gasteiger charge is 2.40. The monoisotopic (exact) mass is 1350 g/mol. The van der Waals surface area contributed by atoms with E-state index in [0.29, 0.717) is 67.7 Å². The first kappa shape index (κ1) is 64.7.